The highest BCUT2D eigenvalue weighted by atomic mass is 32.2. The van der Waals surface area contributed by atoms with Gasteiger partial charge in [0.2, 0.25) is 18.1 Å². The van der Waals surface area contributed by atoms with E-state index in [4.69, 9.17) is 9.15 Å². The lowest BCUT2D eigenvalue weighted by molar-refractivity contribution is -0.117. The number of benzene rings is 2. The van der Waals surface area contributed by atoms with Gasteiger partial charge in [-0.3, -0.25) is 4.79 Å². The fourth-order valence-corrected chi connectivity index (χ4v) is 3.93. The first-order valence-electron chi connectivity index (χ1n) is 8.35. The zero-order valence-electron chi connectivity index (χ0n) is 14.8. The third-order valence-electron chi connectivity index (χ3n) is 4.17. The van der Waals surface area contributed by atoms with Crippen LogP contribution in [0.3, 0.4) is 0 Å². The average molecular weight is 390 g/mol. The first kappa shape index (κ1) is 17.8. The second kappa shape index (κ2) is 7.58. The number of para-hydroxylation sites is 1. The Balaban J connectivity index is 1.47. The number of hydrogen-bond acceptors (Lipinski definition) is 8. The minimum atomic E-state index is -0.370. The molecule has 0 radical (unpaired) electrons. The summed E-state index contributed by atoms with van der Waals surface area (Å²) in [6.07, 6.45) is 1.26. The lowest BCUT2D eigenvalue weighted by Gasteiger charge is -2.14. The summed E-state index contributed by atoms with van der Waals surface area (Å²) in [5.41, 5.74) is 1.81. The Bertz CT molecular complexity index is 1090. The number of Topliss-reactive ketones (excluding diaryl/α,β-unsaturated/α-hetero) is 1. The van der Waals surface area contributed by atoms with Gasteiger partial charge in [-0.1, -0.05) is 23.9 Å². The molecule has 138 valence electrons. The van der Waals surface area contributed by atoms with Crippen molar-refractivity contribution in [3.8, 4) is 23.3 Å². The molecule has 1 aliphatic rings. The second-order valence-electron chi connectivity index (χ2n) is 5.90. The number of carbonyl (C=O) groups is 1. The molecule has 2 aromatic carbocycles. The quantitative estimate of drug-likeness (QED) is 0.481. The van der Waals surface area contributed by atoms with Crippen LogP contribution in [-0.2, 0) is 4.79 Å². The smallest absolute Gasteiger partial charge is 0.247 e. The molecule has 4 rings (SSSR count). The van der Waals surface area contributed by atoms with E-state index in [0.717, 1.165) is 16.1 Å². The van der Waals surface area contributed by atoms with Gasteiger partial charge in [-0.25, -0.2) is 0 Å². The van der Waals surface area contributed by atoms with Gasteiger partial charge in [-0.2, -0.15) is 5.26 Å². The molecule has 28 heavy (non-hydrogen) atoms. The standard InChI is InChI=1S/C20H14N4O3S/c1-24-16-4-2-3-5-18(16)28-20(24)15(10-21)17(25)11-26-14-8-6-13(7-9-14)19-23-22-12-27-19/h2-9,12H,11H2,1H3/b20-15-. The number of fused-ring (bicyclic) bond motifs is 1. The number of nitrogens with zero attached hydrogens (tertiary/aromatic N) is 4. The summed E-state index contributed by atoms with van der Waals surface area (Å²) < 4.78 is 10.7. The highest BCUT2D eigenvalue weighted by molar-refractivity contribution is 8.03. The van der Waals surface area contributed by atoms with Crippen molar-refractivity contribution in [1.82, 2.24) is 10.2 Å². The Kier molecular flexibility index (Phi) is 4.83. The molecule has 0 saturated carbocycles. The van der Waals surface area contributed by atoms with Gasteiger partial charge in [0.1, 0.15) is 22.4 Å². The lowest BCUT2D eigenvalue weighted by atomic mass is 10.2. The van der Waals surface area contributed by atoms with Gasteiger partial charge in [0.05, 0.1) is 5.69 Å². The number of thioether (sulfide) groups is 1. The number of ketones is 1. The van der Waals surface area contributed by atoms with Crippen LogP contribution in [0.4, 0.5) is 5.69 Å². The Morgan fingerprint density at radius 2 is 2.04 bits per heavy atom. The van der Waals surface area contributed by atoms with E-state index in [1.165, 1.54) is 18.2 Å². The Hall–Kier alpha value is -3.57. The number of nitriles is 1. The number of carbonyl (C=O) groups excluding carboxylic acids is 1. The maximum Gasteiger partial charge on any atom is 0.247 e. The minimum Gasteiger partial charge on any atom is -0.485 e. The number of rotatable bonds is 5. The zero-order chi connectivity index (χ0) is 19.5. The second-order valence-corrected chi connectivity index (χ2v) is 6.93. The summed E-state index contributed by atoms with van der Waals surface area (Å²) in [7, 11) is 1.84. The number of anilines is 1. The summed E-state index contributed by atoms with van der Waals surface area (Å²) in [5.74, 6) is 0.542. The van der Waals surface area contributed by atoms with Crippen molar-refractivity contribution < 1.29 is 13.9 Å². The van der Waals surface area contributed by atoms with Gasteiger partial charge in [-0.05, 0) is 36.4 Å². The molecule has 0 spiro atoms. The van der Waals surface area contributed by atoms with Crippen molar-refractivity contribution >= 4 is 23.2 Å². The molecule has 0 amide bonds. The number of aromatic nitrogens is 2. The van der Waals surface area contributed by atoms with Crippen LogP contribution in [-0.4, -0.2) is 29.6 Å². The van der Waals surface area contributed by atoms with Crippen LogP contribution in [0.1, 0.15) is 0 Å². The third kappa shape index (κ3) is 3.35. The van der Waals surface area contributed by atoms with Crippen molar-refractivity contribution in [2.75, 3.05) is 18.6 Å². The minimum absolute atomic E-state index is 0.0891. The van der Waals surface area contributed by atoms with Gasteiger partial charge in [-0.15, -0.1) is 10.2 Å². The van der Waals surface area contributed by atoms with E-state index in [9.17, 15) is 10.1 Å². The van der Waals surface area contributed by atoms with E-state index in [0.29, 0.717) is 16.7 Å². The Labute approximate surface area is 165 Å². The summed E-state index contributed by atoms with van der Waals surface area (Å²) in [4.78, 5) is 15.5. The molecule has 0 bridgehead atoms. The van der Waals surface area contributed by atoms with Gasteiger partial charge in [0.25, 0.3) is 0 Å². The molecule has 3 aromatic rings. The van der Waals surface area contributed by atoms with Gasteiger partial charge in [0.15, 0.2) is 6.61 Å². The van der Waals surface area contributed by atoms with Crippen LogP contribution in [0.15, 0.2) is 74.8 Å². The van der Waals surface area contributed by atoms with Crippen molar-refractivity contribution in [2.24, 2.45) is 0 Å². The summed E-state index contributed by atoms with van der Waals surface area (Å²) in [6, 6.07) is 16.7. The van der Waals surface area contributed by atoms with E-state index in [-0.39, 0.29) is 18.0 Å². The monoisotopic (exact) mass is 390 g/mol. The molecule has 0 saturated heterocycles. The highest BCUT2D eigenvalue weighted by Crippen LogP contribution is 2.46. The average Bonchev–Trinajstić information content (AvgIpc) is 3.37. The van der Waals surface area contributed by atoms with E-state index < -0.39 is 0 Å². The van der Waals surface area contributed by atoms with E-state index >= 15 is 0 Å². The molecular weight excluding hydrogens is 376 g/mol. The van der Waals surface area contributed by atoms with Crippen LogP contribution < -0.4 is 9.64 Å². The fraction of sp³-hybridized carbons (Fsp3) is 0.100. The molecule has 0 atom stereocenters. The Morgan fingerprint density at radius 1 is 1.25 bits per heavy atom. The van der Waals surface area contributed by atoms with Crippen LogP contribution >= 0.6 is 11.8 Å². The van der Waals surface area contributed by atoms with Gasteiger partial charge in [0, 0.05) is 17.5 Å². The molecule has 7 nitrogen and oxygen atoms in total. The Morgan fingerprint density at radius 3 is 2.71 bits per heavy atom. The maximum absolute atomic E-state index is 12.6. The van der Waals surface area contributed by atoms with E-state index in [1.807, 2.05) is 42.3 Å². The fourth-order valence-electron chi connectivity index (χ4n) is 2.76. The third-order valence-corrected chi connectivity index (χ3v) is 5.41. The summed E-state index contributed by atoms with van der Waals surface area (Å²) in [5, 5.41) is 17.6. The predicted molar refractivity (Wildman–Crippen MR) is 104 cm³/mol. The molecule has 0 N–H and O–H groups in total. The highest BCUT2D eigenvalue weighted by Gasteiger charge is 2.28. The first-order valence-corrected chi connectivity index (χ1v) is 9.16. The number of ether oxygens (including phenoxy) is 1. The lowest BCUT2D eigenvalue weighted by Crippen LogP contribution is -2.19. The number of hydrogen-bond donors (Lipinski definition) is 0. The molecular formula is C20H14N4O3S. The van der Waals surface area contributed by atoms with Gasteiger partial charge >= 0.3 is 0 Å². The van der Waals surface area contributed by atoms with Crippen LogP contribution in [0.25, 0.3) is 11.5 Å². The molecule has 0 aliphatic carbocycles. The topological polar surface area (TPSA) is 92.2 Å². The van der Waals surface area contributed by atoms with Crippen LogP contribution in [0, 0.1) is 11.3 Å². The zero-order valence-corrected chi connectivity index (χ0v) is 15.6. The van der Waals surface area contributed by atoms with E-state index in [1.54, 1.807) is 24.3 Å². The molecule has 8 heteroatoms. The molecule has 0 fully saturated rings. The SMILES string of the molecule is CN1/C(=C(\C#N)C(=O)COc2ccc(-c3nnco3)cc2)Sc2ccccc21. The van der Waals surface area contributed by atoms with Crippen LogP contribution in [0.5, 0.6) is 5.75 Å². The van der Waals surface area contributed by atoms with Gasteiger partial charge < -0.3 is 14.1 Å². The van der Waals surface area contributed by atoms with Crippen LogP contribution in [0.2, 0.25) is 0 Å². The van der Waals surface area contributed by atoms with Crippen molar-refractivity contribution in [3.05, 3.63) is 65.5 Å². The molecule has 2 heterocycles. The molecule has 0 unspecified atom stereocenters. The first-order chi connectivity index (χ1) is 13.7. The van der Waals surface area contributed by atoms with Crippen molar-refractivity contribution in [1.29, 1.82) is 5.26 Å². The van der Waals surface area contributed by atoms with E-state index in [2.05, 4.69) is 10.2 Å². The molecule has 1 aromatic heterocycles. The summed E-state index contributed by atoms with van der Waals surface area (Å²) >= 11 is 1.41. The predicted octanol–water partition coefficient (Wildman–Crippen LogP) is 3.66. The molecule has 1 aliphatic heterocycles. The van der Waals surface area contributed by atoms with Crippen molar-refractivity contribution in [2.45, 2.75) is 4.90 Å². The largest absolute Gasteiger partial charge is 0.485 e. The maximum atomic E-state index is 12.6. The normalized spacial score (nSPS) is 14.4. The van der Waals surface area contributed by atoms with Crippen molar-refractivity contribution in [3.63, 3.8) is 0 Å². The summed E-state index contributed by atoms with van der Waals surface area (Å²) in [6.45, 7) is -0.225.